The van der Waals surface area contributed by atoms with E-state index in [0.29, 0.717) is 6.54 Å². The number of allylic oxidation sites excluding steroid dienone is 1. The Morgan fingerprint density at radius 1 is 1.71 bits per heavy atom. The Morgan fingerprint density at radius 3 is 2.93 bits per heavy atom. The average molecular weight is 210 g/mol. The molecular formula is C10H14N2OS. The first-order chi connectivity index (χ1) is 6.63. The Morgan fingerprint density at radius 2 is 2.43 bits per heavy atom. The first-order valence-electron chi connectivity index (χ1n) is 4.42. The molecule has 1 aromatic rings. The summed E-state index contributed by atoms with van der Waals surface area (Å²) in [7, 11) is 1.79. The predicted molar refractivity (Wildman–Crippen MR) is 58.1 cm³/mol. The maximum absolute atomic E-state index is 11.4. The molecule has 0 spiro atoms. The van der Waals surface area contributed by atoms with E-state index in [9.17, 15) is 4.79 Å². The van der Waals surface area contributed by atoms with Crippen LogP contribution in [0.5, 0.6) is 0 Å². The van der Waals surface area contributed by atoms with Gasteiger partial charge in [0.25, 0.3) is 0 Å². The number of hydrogen-bond acceptors (Lipinski definition) is 3. The van der Waals surface area contributed by atoms with Gasteiger partial charge in [-0.2, -0.15) is 0 Å². The number of aryl methyl sites for hydroxylation is 1. The number of hydrogen-bond donors (Lipinski definition) is 0. The topological polar surface area (TPSA) is 33.2 Å². The van der Waals surface area contributed by atoms with E-state index in [-0.39, 0.29) is 5.91 Å². The van der Waals surface area contributed by atoms with E-state index in [2.05, 4.69) is 4.98 Å². The van der Waals surface area contributed by atoms with Crippen molar-refractivity contribution < 1.29 is 4.79 Å². The zero-order valence-corrected chi connectivity index (χ0v) is 9.47. The van der Waals surface area contributed by atoms with Gasteiger partial charge in [0.1, 0.15) is 0 Å². The number of carbonyl (C=O) groups excluding carboxylic acids is 1. The number of amides is 1. The van der Waals surface area contributed by atoms with Crippen LogP contribution in [0.25, 0.3) is 0 Å². The second-order valence-corrected chi connectivity index (χ2v) is 4.36. The van der Waals surface area contributed by atoms with Crippen molar-refractivity contribution in [2.24, 2.45) is 0 Å². The minimum absolute atomic E-state index is 0.0264. The van der Waals surface area contributed by atoms with Crippen LogP contribution in [0.1, 0.15) is 16.8 Å². The third-order valence-electron chi connectivity index (χ3n) is 1.75. The number of thiazole rings is 1. The largest absolute Gasteiger partial charge is 0.337 e. The van der Waals surface area contributed by atoms with Gasteiger partial charge in [-0.05, 0) is 19.9 Å². The van der Waals surface area contributed by atoms with E-state index in [1.807, 2.05) is 20.0 Å². The van der Waals surface area contributed by atoms with Crippen LogP contribution in [0.2, 0.25) is 0 Å². The Kier molecular flexibility index (Phi) is 3.83. The normalized spacial score (nSPS) is 10.8. The molecule has 0 radical (unpaired) electrons. The van der Waals surface area contributed by atoms with Gasteiger partial charge in [0, 0.05) is 18.1 Å². The van der Waals surface area contributed by atoms with E-state index >= 15 is 0 Å². The first-order valence-corrected chi connectivity index (χ1v) is 5.24. The van der Waals surface area contributed by atoms with Gasteiger partial charge in [0.05, 0.1) is 11.6 Å². The van der Waals surface area contributed by atoms with Gasteiger partial charge in [0.15, 0.2) is 0 Å². The van der Waals surface area contributed by atoms with Crippen LogP contribution in [0, 0.1) is 6.92 Å². The van der Waals surface area contributed by atoms with Crippen LogP contribution >= 0.6 is 11.3 Å². The minimum atomic E-state index is 0.0264. The van der Waals surface area contributed by atoms with Gasteiger partial charge >= 0.3 is 0 Å². The molecule has 0 fully saturated rings. The van der Waals surface area contributed by atoms with Crippen molar-refractivity contribution in [1.29, 1.82) is 0 Å². The maximum atomic E-state index is 11.4. The van der Waals surface area contributed by atoms with Crippen molar-refractivity contribution >= 4 is 17.2 Å². The fraction of sp³-hybridized carbons (Fsp3) is 0.400. The fourth-order valence-electron chi connectivity index (χ4n) is 1.06. The molecule has 1 aromatic heterocycles. The standard InChI is InChI=1S/C10H14N2OS/c1-4-5-10(13)12(3)7-9-6-11-8(2)14-9/h4-6H,7H2,1-3H3. The van der Waals surface area contributed by atoms with E-state index in [0.717, 1.165) is 9.88 Å². The maximum Gasteiger partial charge on any atom is 0.246 e. The van der Waals surface area contributed by atoms with Crippen molar-refractivity contribution in [2.45, 2.75) is 20.4 Å². The summed E-state index contributed by atoms with van der Waals surface area (Å²) in [5.41, 5.74) is 0. The number of nitrogens with zero attached hydrogens (tertiary/aromatic N) is 2. The predicted octanol–water partition coefficient (Wildman–Crippen LogP) is 1.99. The lowest BCUT2D eigenvalue weighted by atomic mass is 10.4. The van der Waals surface area contributed by atoms with Crippen LogP contribution < -0.4 is 0 Å². The third-order valence-corrected chi connectivity index (χ3v) is 2.65. The molecule has 14 heavy (non-hydrogen) atoms. The Balaban J connectivity index is 2.56. The van der Waals surface area contributed by atoms with Crippen LogP contribution in [-0.4, -0.2) is 22.8 Å². The second kappa shape index (κ2) is 4.91. The Bertz CT molecular complexity index is 344. The van der Waals surface area contributed by atoms with Gasteiger partial charge in [-0.3, -0.25) is 4.79 Å². The molecule has 1 amide bonds. The molecule has 4 heteroatoms. The van der Waals surface area contributed by atoms with Gasteiger partial charge in [-0.25, -0.2) is 4.98 Å². The number of carbonyl (C=O) groups is 1. The zero-order valence-electron chi connectivity index (χ0n) is 8.65. The molecule has 0 aliphatic carbocycles. The van der Waals surface area contributed by atoms with E-state index in [1.54, 1.807) is 35.4 Å². The van der Waals surface area contributed by atoms with E-state index in [1.165, 1.54) is 0 Å². The first kappa shape index (κ1) is 10.9. The summed E-state index contributed by atoms with van der Waals surface area (Å²) in [6, 6.07) is 0. The molecular weight excluding hydrogens is 196 g/mol. The monoisotopic (exact) mass is 210 g/mol. The molecule has 0 unspecified atom stereocenters. The molecule has 76 valence electrons. The molecule has 0 N–H and O–H groups in total. The molecule has 0 aliphatic rings. The summed E-state index contributed by atoms with van der Waals surface area (Å²) >= 11 is 1.62. The summed E-state index contributed by atoms with van der Waals surface area (Å²) in [6.45, 7) is 4.43. The van der Waals surface area contributed by atoms with E-state index < -0.39 is 0 Å². The Labute approximate surface area is 88.1 Å². The molecule has 3 nitrogen and oxygen atoms in total. The molecule has 0 saturated carbocycles. The Hall–Kier alpha value is -1.16. The van der Waals surface area contributed by atoms with Crippen LogP contribution in [0.4, 0.5) is 0 Å². The lowest BCUT2D eigenvalue weighted by Crippen LogP contribution is -2.23. The molecule has 1 rings (SSSR count). The highest BCUT2D eigenvalue weighted by atomic mass is 32.1. The minimum Gasteiger partial charge on any atom is -0.337 e. The average Bonchev–Trinajstić information content (AvgIpc) is 2.51. The molecule has 0 saturated heterocycles. The van der Waals surface area contributed by atoms with Crippen molar-refractivity contribution in [1.82, 2.24) is 9.88 Å². The number of rotatable bonds is 3. The SMILES string of the molecule is CC=CC(=O)N(C)Cc1cnc(C)s1. The molecule has 1 heterocycles. The van der Waals surface area contributed by atoms with Gasteiger partial charge in [-0.15, -0.1) is 11.3 Å². The van der Waals surface area contributed by atoms with Crippen LogP contribution in [0.3, 0.4) is 0 Å². The molecule has 0 aromatic carbocycles. The third kappa shape index (κ3) is 2.96. The molecule has 0 atom stereocenters. The fourth-order valence-corrected chi connectivity index (χ4v) is 1.91. The highest BCUT2D eigenvalue weighted by Gasteiger charge is 2.06. The van der Waals surface area contributed by atoms with Gasteiger partial charge in [-0.1, -0.05) is 6.08 Å². The highest BCUT2D eigenvalue weighted by Crippen LogP contribution is 2.13. The quantitative estimate of drug-likeness (QED) is 0.715. The lowest BCUT2D eigenvalue weighted by molar-refractivity contribution is -0.125. The summed E-state index contributed by atoms with van der Waals surface area (Å²) in [4.78, 5) is 18.3. The van der Waals surface area contributed by atoms with E-state index in [4.69, 9.17) is 0 Å². The second-order valence-electron chi connectivity index (χ2n) is 3.04. The van der Waals surface area contributed by atoms with Gasteiger partial charge < -0.3 is 4.90 Å². The lowest BCUT2D eigenvalue weighted by Gasteiger charge is -2.12. The summed E-state index contributed by atoms with van der Waals surface area (Å²) in [5.74, 6) is 0.0264. The van der Waals surface area contributed by atoms with Crippen molar-refractivity contribution in [3.05, 3.63) is 28.2 Å². The van der Waals surface area contributed by atoms with Crippen molar-refractivity contribution in [3.8, 4) is 0 Å². The molecule has 0 bridgehead atoms. The van der Waals surface area contributed by atoms with Crippen molar-refractivity contribution in [3.63, 3.8) is 0 Å². The van der Waals surface area contributed by atoms with Crippen molar-refractivity contribution in [2.75, 3.05) is 7.05 Å². The van der Waals surface area contributed by atoms with Crippen LogP contribution in [-0.2, 0) is 11.3 Å². The number of aromatic nitrogens is 1. The molecule has 0 aliphatic heterocycles. The smallest absolute Gasteiger partial charge is 0.246 e. The zero-order chi connectivity index (χ0) is 10.6. The highest BCUT2D eigenvalue weighted by molar-refractivity contribution is 7.11. The van der Waals surface area contributed by atoms with Gasteiger partial charge in [0.2, 0.25) is 5.91 Å². The van der Waals surface area contributed by atoms with Crippen LogP contribution in [0.15, 0.2) is 18.3 Å². The summed E-state index contributed by atoms with van der Waals surface area (Å²) in [5, 5.41) is 1.03. The summed E-state index contributed by atoms with van der Waals surface area (Å²) < 4.78 is 0. The number of likely N-dealkylation sites (N-methyl/N-ethyl adjacent to an activating group) is 1. The summed E-state index contributed by atoms with van der Waals surface area (Å²) in [6.07, 6.45) is 5.13.